The second kappa shape index (κ2) is 18.3. The van der Waals surface area contributed by atoms with Crippen molar-refractivity contribution < 1.29 is 0 Å². The summed E-state index contributed by atoms with van der Waals surface area (Å²) < 4.78 is 0. The molecule has 0 rings (SSSR count). The van der Waals surface area contributed by atoms with Gasteiger partial charge in [0.05, 0.1) is 0 Å². The molecule has 0 heterocycles. The Kier molecular flexibility index (Phi) is 150. The van der Waals surface area contributed by atoms with Gasteiger partial charge < -0.3 is 0 Å². The van der Waals surface area contributed by atoms with Crippen molar-refractivity contribution in [3.8, 4) is 0 Å². The predicted octanol–water partition coefficient (Wildman–Crippen LogP) is -3.44. The molecular weight excluding hydrogens is 127 g/mol. The van der Waals surface area contributed by atoms with Crippen LogP contribution in [0.4, 0.5) is 0 Å². The summed E-state index contributed by atoms with van der Waals surface area (Å²) in [6.45, 7) is 0. The van der Waals surface area contributed by atoms with Gasteiger partial charge in [-0.15, -0.1) is 0 Å². The molecular formula is H11AlCaSSi. The van der Waals surface area contributed by atoms with Crippen LogP contribution >= 0.6 is 13.5 Å². The third-order valence-electron chi connectivity index (χ3n) is 0. The van der Waals surface area contributed by atoms with Gasteiger partial charge in [0, 0.05) is 0 Å². The van der Waals surface area contributed by atoms with Gasteiger partial charge in [0.2, 0.25) is 0 Å². The van der Waals surface area contributed by atoms with E-state index in [4.69, 9.17) is 0 Å². The van der Waals surface area contributed by atoms with Crippen LogP contribution in [0, 0.1) is 0 Å². The molecule has 0 saturated heterocycles. The fourth-order valence-electron chi connectivity index (χ4n) is 0. The number of hydrogen-bond donors (Lipinski definition) is 0. The molecule has 0 amide bonds. The first-order valence-corrected chi connectivity index (χ1v) is 0. The predicted molar refractivity (Wildman–Crippen MR) is 40.2 cm³/mol. The molecule has 26 valence electrons. The van der Waals surface area contributed by atoms with Crippen LogP contribution in [0.25, 0.3) is 0 Å². The number of rotatable bonds is 0. The van der Waals surface area contributed by atoms with Crippen molar-refractivity contribution in [3.63, 3.8) is 0 Å². The Hall–Kier alpha value is 2.36. The monoisotopic (exact) mass is 138 g/mol. The summed E-state index contributed by atoms with van der Waals surface area (Å²) >= 11 is 0. The summed E-state index contributed by atoms with van der Waals surface area (Å²) in [7, 11) is 0. The van der Waals surface area contributed by atoms with Crippen molar-refractivity contribution in [3.05, 3.63) is 0 Å². The topological polar surface area (TPSA) is 0 Å². The zero-order valence-electron chi connectivity index (χ0n) is 0.500. The molecule has 0 aliphatic rings. The molecule has 0 unspecified atom stereocenters. The summed E-state index contributed by atoms with van der Waals surface area (Å²) in [6, 6.07) is 0. The van der Waals surface area contributed by atoms with Gasteiger partial charge in [-0.25, -0.2) is 0 Å². The van der Waals surface area contributed by atoms with E-state index in [0.717, 1.165) is 0 Å². The maximum Gasteiger partial charge on any atom is -0.0149 e. The van der Waals surface area contributed by atoms with Crippen LogP contribution in [0.3, 0.4) is 0 Å². The third-order valence-corrected chi connectivity index (χ3v) is 0. The van der Waals surface area contributed by atoms with E-state index in [0.29, 0.717) is 0 Å². The molecule has 0 bridgehead atoms. The van der Waals surface area contributed by atoms with Crippen molar-refractivity contribution >= 4 is 79.6 Å². The molecule has 0 radical (unpaired) electrons. The standard InChI is InChI=1S/Al.Ca.H2S.H4Si.5H/h;;1H2;1H4;;;;;. The van der Waals surface area contributed by atoms with Crippen molar-refractivity contribution in [2.24, 2.45) is 0 Å². The van der Waals surface area contributed by atoms with E-state index < -0.39 is 0 Å². The van der Waals surface area contributed by atoms with Gasteiger partial charge in [-0.2, -0.15) is 13.5 Å². The van der Waals surface area contributed by atoms with E-state index in [9.17, 15) is 0 Å². The smallest absolute Gasteiger partial charge is 0.0149 e. The summed E-state index contributed by atoms with van der Waals surface area (Å²) in [5, 5.41) is 0. The molecule has 0 spiro atoms. The van der Waals surface area contributed by atoms with E-state index >= 15 is 0 Å². The average molecular weight is 138 g/mol. The Morgan fingerprint density at radius 1 is 1.00 bits per heavy atom. The molecule has 4 heavy (non-hydrogen) atoms. The van der Waals surface area contributed by atoms with E-state index in [1.165, 1.54) is 0 Å². The van der Waals surface area contributed by atoms with Crippen LogP contribution < -0.4 is 0 Å². The Labute approximate surface area is 78.3 Å². The minimum atomic E-state index is 0. The van der Waals surface area contributed by atoms with Crippen molar-refractivity contribution in [2.75, 3.05) is 0 Å². The first kappa shape index (κ1) is 32.8. The van der Waals surface area contributed by atoms with Crippen LogP contribution in [-0.4, -0.2) is 66.1 Å². The van der Waals surface area contributed by atoms with Gasteiger partial charge in [0.15, 0.2) is 17.4 Å². The molecule has 0 aromatic heterocycles. The molecule has 0 aliphatic heterocycles. The van der Waals surface area contributed by atoms with E-state index in [1.54, 1.807) is 0 Å². The van der Waals surface area contributed by atoms with Crippen LogP contribution in [-0.2, 0) is 0 Å². The van der Waals surface area contributed by atoms with Gasteiger partial charge in [-0.05, 0) is 11.0 Å². The molecule has 0 atom stereocenters. The van der Waals surface area contributed by atoms with Gasteiger partial charge in [-0.3, -0.25) is 0 Å². The molecule has 0 nitrogen and oxygen atoms in total. The van der Waals surface area contributed by atoms with Crippen LogP contribution in [0.2, 0.25) is 0 Å². The SMILES string of the molecule is S.[AlH3].[CaH2].[SiH4]. The van der Waals surface area contributed by atoms with Crippen molar-refractivity contribution in [1.82, 2.24) is 0 Å². The zero-order chi connectivity index (χ0) is 0. The second-order valence-corrected chi connectivity index (χ2v) is 0. The van der Waals surface area contributed by atoms with Crippen LogP contribution in [0.5, 0.6) is 0 Å². The van der Waals surface area contributed by atoms with Gasteiger partial charge in [-0.1, -0.05) is 0 Å². The van der Waals surface area contributed by atoms with Crippen molar-refractivity contribution in [1.29, 1.82) is 0 Å². The van der Waals surface area contributed by atoms with E-state index in [2.05, 4.69) is 0 Å². The quantitative estimate of drug-likeness (QED) is 0.306. The first-order valence-electron chi connectivity index (χ1n) is 0. The zero-order valence-corrected chi connectivity index (χ0v) is 1.50. The summed E-state index contributed by atoms with van der Waals surface area (Å²) in [5.74, 6) is 0. The fraction of sp³-hybridized carbons (Fsp3) is 0. The molecule has 0 N–H and O–H groups in total. The van der Waals surface area contributed by atoms with Gasteiger partial charge >= 0.3 is 37.7 Å². The van der Waals surface area contributed by atoms with Gasteiger partial charge in [0.25, 0.3) is 0 Å². The molecule has 0 fully saturated rings. The Morgan fingerprint density at radius 3 is 1.00 bits per heavy atom. The summed E-state index contributed by atoms with van der Waals surface area (Å²) in [6.07, 6.45) is 0. The summed E-state index contributed by atoms with van der Waals surface area (Å²) in [4.78, 5) is 0. The van der Waals surface area contributed by atoms with Gasteiger partial charge in [0.1, 0.15) is 0 Å². The van der Waals surface area contributed by atoms with Crippen molar-refractivity contribution in [2.45, 2.75) is 0 Å². The molecule has 0 aliphatic carbocycles. The fourth-order valence-corrected chi connectivity index (χ4v) is 0. The third kappa shape index (κ3) is 8.84. The second-order valence-electron chi connectivity index (χ2n) is 0. The average Bonchev–Trinajstić information content (AvgIpc) is 0. The maximum atomic E-state index is 0. The van der Waals surface area contributed by atoms with Crippen LogP contribution in [0.1, 0.15) is 0 Å². The molecule has 0 saturated carbocycles. The molecule has 0 aromatic carbocycles. The van der Waals surface area contributed by atoms with E-state index in [1.807, 2.05) is 0 Å². The Bertz CT molecular complexity index is 8.00. The summed E-state index contributed by atoms with van der Waals surface area (Å²) in [5.41, 5.74) is 0. The molecule has 0 aromatic rings. The molecule has 4 heteroatoms. The minimum absolute atomic E-state index is 0. The maximum absolute atomic E-state index is 0. The van der Waals surface area contributed by atoms with E-state index in [-0.39, 0.29) is 79.6 Å². The Morgan fingerprint density at radius 2 is 1.00 bits per heavy atom. The number of hydrogen-bond acceptors (Lipinski definition) is 0. The normalized spacial score (nSPS) is 0. The van der Waals surface area contributed by atoms with Crippen LogP contribution in [0.15, 0.2) is 0 Å². The Balaban J connectivity index is 0. The first-order chi connectivity index (χ1) is 0. The minimum Gasteiger partial charge on any atom is -0.0149 e. The largest absolute Gasteiger partial charge is 0.0149 e.